The van der Waals surface area contributed by atoms with E-state index in [1.54, 1.807) is 25.4 Å². The molecule has 4 heterocycles. The number of nitrogens with zero attached hydrogens (tertiary/aromatic N) is 6. The molecule has 2 amide bonds. The van der Waals surface area contributed by atoms with Crippen LogP contribution in [0.15, 0.2) is 30.6 Å². The summed E-state index contributed by atoms with van der Waals surface area (Å²) in [5.41, 5.74) is 2.41. The molecule has 2 aliphatic rings. The van der Waals surface area contributed by atoms with Gasteiger partial charge in [0, 0.05) is 49.4 Å². The standard InChI is InChI=1S/C27H29F3IN7O3/c1-15(39)25-20-9-17(18-10-32-16(2)33-11-18)3-4-21(20)37(35-25)13-24(40)38-22(5-6-23(38)31)26(41)34-19-7-8-36(12-19)14-27(28,29)30/h3-4,9-11,19,22-23H,5-8,12-14H2,1-2H3,(H,34,41)/t19?,22-,23-/m0/s1. The number of rotatable bonds is 7. The number of aromatic nitrogens is 4. The van der Waals surface area contributed by atoms with Crippen LogP contribution in [0.3, 0.4) is 0 Å². The summed E-state index contributed by atoms with van der Waals surface area (Å²) in [6, 6.07) is 4.32. The first-order valence-electron chi connectivity index (χ1n) is 13.2. The summed E-state index contributed by atoms with van der Waals surface area (Å²) in [7, 11) is 0. The van der Waals surface area contributed by atoms with Gasteiger partial charge in [-0.2, -0.15) is 18.3 Å². The molecule has 10 nitrogen and oxygen atoms in total. The molecule has 0 saturated carbocycles. The molecule has 1 aromatic carbocycles. The van der Waals surface area contributed by atoms with Gasteiger partial charge in [0.2, 0.25) is 11.8 Å². The highest BCUT2D eigenvalue weighted by atomic mass is 127. The number of amides is 2. The van der Waals surface area contributed by atoms with Crippen molar-refractivity contribution in [1.29, 1.82) is 0 Å². The average Bonchev–Trinajstić information content (AvgIpc) is 3.60. The Morgan fingerprint density at radius 2 is 1.83 bits per heavy atom. The van der Waals surface area contributed by atoms with Gasteiger partial charge >= 0.3 is 6.18 Å². The van der Waals surface area contributed by atoms with E-state index in [-0.39, 0.29) is 47.0 Å². The molecule has 3 atom stereocenters. The van der Waals surface area contributed by atoms with Crippen molar-refractivity contribution in [3.8, 4) is 11.1 Å². The van der Waals surface area contributed by atoms with E-state index in [9.17, 15) is 27.6 Å². The molecule has 2 aliphatic heterocycles. The van der Waals surface area contributed by atoms with Crippen LogP contribution in [0.1, 0.15) is 42.5 Å². The Hall–Kier alpha value is -3.14. The molecule has 1 unspecified atom stereocenters. The molecular formula is C27H29F3IN7O3. The van der Waals surface area contributed by atoms with Crippen LogP contribution in [0.25, 0.3) is 22.0 Å². The van der Waals surface area contributed by atoms with Gasteiger partial charge in [-0.15, -0.1) is 0 Å². The third kappa shape index (κ3) is 6.52. The number of aryl methyl sites for hydroxylation is 1. The van der Waals surface area contributed by atoms with Crippen LogP contribution < -0.4 is 5.32 Å². The van der Waals surface area contributed by atoms with Crippen LogP contribution in [0.2, 0.25) is 0 Å². The quantitative estimate of drug-likeness (QED) is 0.176. The van der Waals surface area contributed by atoms with E-state index in [1.807, 2.05) is 12.1 Å². The number of carbonyl (C=O) groups is 3. The molecule has 2 aromatic heterocycles. The van der Waals surface area contributed by atoms with E-state index in [2.05, 4.69) is 43.0 Å². The molecule has 218 valence electrons. The topological polar surface area (TPSA) is 113 Å². The van der Waals surface area contributed by atoms with Crippen molar-refractivity contribution in [2.24, 2.45) is 0 Å². The predicted octanol–water partition coefficient (Wildman–Crippen LogP) is 3.51. The molecule has 14 heteroatoms. The largest absolute Gasteiger partial charge is 0.401 e. The fraction of sp³-hybridized carbons (Fsp3) is 0.481. The number of nitrogens with one attached hydrogen (secondary N) is 1. The molecule has 41 heavy (non-hydrogen) atoms. The molecule has 0 radical (unpaired) electrons. The first-order chi connectivity index (χ1) is 19.4. The van der Waals surface area contributed by atoms with Gasteiger partial charge in [-0.1, -0.05) is 28.7 Å². The van der Waals surface area contributed by atoms with Crippen LogP contribution >= 0.6 is 22.6 Å². The fourth-order valence-electron chi connectivity index (χ4n) is 5.49. The number of Topliss-reactive ketones (excluding diaryl/α,β-unsaturated/α-hetero) is 1. The number of fused-ring (bicyclic) bond motifs is 1. The minimum Gasteiger partial charge on any atom is -0.350 e. The van der Waals surface area contributed by atoms with Gasteiger partial charge in [0.15, 0.2) is 5.78 Å². The molecule has 3 aromatic rings. The Morgan fingerprint density at radius 1 is 1.10 bits per heavy atom. The number of carbonyl (C=O) groups excluding carboxylic acids is 3. The maximum Gasteiger partial charge on any atom is 0.401 e. The van der Waals surface area contributed by atoms with Gasteiger partial charge in [0.1, 0.15) is 24.1 Å². The minimum atomic E-state index is -4.29. The van der Waals surface area contributed by atoms with Crippen LogP contribution in [0, 0.1) is 6.92 Å². The lowest BCUT2D eigenvalue weighted by Crippen LogP contribution is -2.51. The summed E-state index contributed by atoms with van der Waals surface area (Å²) in [6.45, 7) is 2.37. The molecule has 0 aliphatic carbocycles. The third-order valence-corrected chi connectivity index (χ3v) is 8.63. The first-order valence-corrected chi connectivity index (χ1v) is 14.5. The van der Waals surface area contributed by atoms with E-state index in [0.717, 1.165) is 11.1 Å². The average molecular weight is 683 g/mol. The lowest BCUT2D eigenvalue weighted by molar-refractivity contribution is -0.144. The Morgan fingerprint density at radius 3 is 2.51 bits per heavy atom. The van der Waals surface area contributed by atoms with E-state index < -0.39 is 24.8 Å². The van der Waals surface area contributed by atoms with Crippen LogP contribution in [-0.4, -0.2) is 89.1 Å². The minimum absolute atomic E-state index is 0.114. The van der Waals surface area contributed by atoms with Crippen molar-refractivity contribution in [1.82, 2.24) is 34.9 Å². The molecule has 5 rings (SSSR count). The van der Waals surface area contributed by atoms with Crippen molar-refractivity contribution in [2.75, 3.05) is 19.6 Å². The summed E-state index contributed by atoms with van der Waals surface area (Å²) in [6.07, 6.45) is 0.574. The van der Waals surface area contributed by atoms with Crippen LogP contribution in [0.4, 0.5) is 13.2 Å². The lowest BCUT2D eigenvalue weighted by Gasteiger charge is -2.28. The Kier molecular flexibility index (Phi) is 8.32. The van der Waals surface area contributed by atoms with E-state index >= 15 is 0 Å². The van der Waals surface area contributed by atoms with Gasteiger partial charge < -0.3 is 10.2 Å². The number of hydrogen-bond donors (Lipinski definition) is 1. The zero-order valence-electron chi connectivity index (χ0n) is 22.5. The maximum absolute atomic E-state index is 13.6. The second kappa shape index (κ2) is 11.6. The van der Waals surface area contributed by atoms with Gasteiger partial charge in [0.25, 0.3) is 0 Å². The van der Waals surface area contributed by atoms with Gasteiger partial charge in [-0.3, -0.25) is 24.0 Å². The van der Waals surface area contributed by atoms with Gasteiger partial charge in [-0.05, 0) is 43.9 Å². The molecule has 0 bridgehead atoms. The molecular weight excluding hydrogens is 654 g/mol. The molecule has 2 fully saturated rings. The molecule has 0 spiro atoms. The third-order valence-electron chi connectivity index (χ3n) is 7.41. The zero-order chi connectivity index (χ0) is 29.5. The Labute approximate surface area is 247 Å². The Bertz CT molecular complexity index is 1480. The van der Waals surface area contributed by atoms with Crippen molar-refractivity contribution < 1.29 is 27.6 Å². The van der Waals surface area contributed by atoms with Gasteiger partial charge in [-0.25, -0.2) is 9.97 Å². The fourth-order valence-corrected chi connectivity index (χ4v) is 6.55. The number of alkyl halides is 4. The van der Waals surface area contributed by atoms with Crippen LogP contribution in [0.5, 0.6) is 0 Å². The van der Waals surface area contributed by atoms with Crippen molar-refractivity contribution in [3.05, 3.63) is 42.1 Å². The maximum atomic E-state index is 13.6. The number of ketones is 1. The monoisotopic (exact) mass is 683 g/mol. The summed E-state index contributed by atoms with van der Waals surface area (Å²) in [4.78, 5) is 50.5. The van der Waals surface area contributed by atoms with Crippen LogP contribution in [-0.2, 0) is 16.1 Å². The molecule has 2 saturated heterocycles. The summed E-state index contributed by atoms with van der Waals surface area (Å²) < 4.78 is 39.5. The highest BCUT2D eigenvalue weighted by Crippen LogP contribution is 2.31. The Balaban J connectivity index is 1.32. The zero-order valence-corrected chi connectivity index (χ0v) is 24.6. The number of hydrogen-bond acceptors (Lipinski definition) is 7. The smallest absolute Gasteiger partial charge is 0.350 e. The van der Waals surface area contributed by atoms with E-state index in [1.165, 1.54) is 21.4 Å². The second-order valence-electron chi connectivity index (χ2n) is 10.5. The van der Waals surface area contributed by atoms with Crippen molar-refractivity contribution in [2.45, 2.75) is 62.0 Å². The summed E-state index contributed by atoms with van der Waals surface area (Å²) in [5.74, 6) is -0.307. The van der Waals surface area contributed by atoms with E-state index in [0.29, 0.717) is 36.0 Å². The molecule has 1 N–H and O–H groups in total. The summed E-state index contributed by atoms with van der Waals surface area (Å²) >= 11 is 2.13. The lowest BCUT2D eigenvalue weighted by atomic mass is 10.0. The highest BCUT2D eigenvalue weighted by molar-refractivity contribution is 14.1. The van der Waals surface area contributed by atoms with Crippen molar-refractivity contribution >= 4 is 51.1 Å². The highest BCUT2D eigenvalue weighted by Gasteiger charge is 2.41. The van der Waals surface area contributed by atoms with Gasteiger partial charge in [0.05, 0.1) is 16.1 Å². The second-order valence-corrected chi connectivity index (χ2v) is 11.9. The number of halogens is 4. The SMILES string of the molecule is CC(=O)c1nn(CC(=O)N2[C@H](I)CC[C@H]2C(=O)NC2CCN(CC(F)(F)F)C2)c2ccc(-c3cnc(C)nc3)cc12. The van der Waals surface area contributed by atoms with E-state index in [4.69, 9.17) is 0 Å². The number of likely N-dealkylation sites (tertiary alicyclic amines) is 2. The van der Waals surface area contributed by atoms with Crippen molar-refractivity contribution in [3.63, 3.8) is 0 Å². The first kappa shape index (κ1) is 29.4. The normalized spacial score (nSPS) is 21.5. The number of benzene rings is 1. The predicted molar refractivity (Wildman–Crippen MR) is 152 cm³/mol. The summed E-state index contributed by atoms with van der Waals surface area (Å²) in [5, 5.41) is 7.90.